The van der Waals surface area contributed by atoms with Crippen LogP contribution in [0.15, 0.2) is 0 Å². The molecule has 0 aliphatic heterocycles. The lowest BCUT2D eigenvalue weighted by atomic mass is 11.9. The van der Waals surface area contributed by atoms with Crippen molar-refractivity contribution < 1.29 is 0 Å². The van der Waals surface area contributed by atoms with Crippen molar-refractivity contribution >= 4 is 48.7 Å². The molecule has 0 nitrogen and oxygen atoms in total. The van der Waals surface area contributed by atoms with E-state index in [-0.39, 0.29) is 0 Å². The monoisotopic (exact) mass is 206 g/mol. The van der Waals surface area contributed by atoms with Crippen molar-refractivity contribution in [2.75, 3.05) is 0 Å². The second kappa shape index (κ2) is 2.35. The summed E-state index contributed by atoms with van der Waals surface area (Å²) in [5, 5.41) is 0. The van der Waals surface area contributed by atoms with Crippen LogP contribution in [-0.4, -0.2) is 2.33 Å². The Hall–Kier alpha value is 1.11. The summed E-state index contributed by atoms with van der Waals surface area (Å²) in [6.07, 6.45) is 0. The topological polar surface area (TPSA) is 0 Å². The van der Waals surface area contributed by atoms with Crippen LogP contribution < -0.4 is 0 Å². The van der Waals surface area contributed by atoms with Gasteiger partial charge in [0.15, 0.2) is 0 Å². The van der Waals surface area contributed by atoms with Gasteiger partial charge in [-0.25, -0.2) is 0 Å². The first-order chi connectivity index (χ1) is 1.73. The summed E-state index contributed by atoms with van der Waals surface area (Å²) in [4.78, 5) is 0. The zero-order chi connectivity index (χ0) is 3.58. The third kappa shape index (κ3) is 11.2. The van der Waals surface area contributed by atoms with Gasteiger partial charge in [-0.3, -0.25) is 0 Å². The van der Waals surface area contributed by atoms with Gasteiger partial charge in [-0.15, -0.1) is 0 Å². The maximum Gasteiger partial charge on any atom is 0.141 e. The number of thiocarbonyl (C=S) groups is 1. The molecule has 0 spiro atoms. The third-order valence-electron chi connectivity index (χ3n) is 0. The van der Waals surface area contributed by atoms with Gasteiger partial charge in [0.1, 0.15) is 2.33 Å². The van der Waals surface area contributed by atoms with E-state index < -0.39 is 0 Å². The summed E-state index contributed by atoms with van der Waals surface area (Å²) in [7, 11) is 0. The molecular formula is CClIS. The molecule has 0 aromatic carbocycles. The summed E-state index contributed by atoms with van der Waals surface area (Å²) in [6.45, 7) is 0. The number of hydrogen-bond acceptors (Lipinski definition) is 1. The Bertz CT molecular complexity index is 31.0. The fraction of sp³-hybridized carbons (Fsp3) is 0. The molecule has 0 atom stereocenters. The Kier molecular flexibility index (Phi) is 3.01. The molecule has 0 aliphatic rings. The Balaban J connectivity index is 2.80. The average Bonchev–Trinajstić information content (AvgIpc) is 0.811. The van der Waals surface area contributed by atoms with Crippen LogP contribution in [0.1, 0.15) is 0 Å². The lowest BCUT2D eigenvalue weighted by molar-refractivity contribution is 4.17. The maximum absolute atomic E-state index is 4.99. The van der Waals surface area contributed by atoms with Crippen molar-refractivity contribution in [3.8, 4) is 0 Å². The molecule has 0 aliphatic carbocycles. The van der Waals surface area contributed by atoms with E-state index in [4.69, 9.17) is 11.6 Å². The standard InChI is InChI=1S/CClIS/c2-1(3)4. The molecule has 0 saturated heterocycles. The number of rotatable bonds is 0. The molecule has 0 bridgehead atoms. The second-order valence-corrected chi connectivity index (χ2v) is 3.68. The minimum Gasteiger partial charge on any atom is -0.0643 e. The van der Waals surface area contributed by atoms with Gasteiger partial charge in [0.2, 0.25) is 0 Å². The van der Waals surface area contributed by atoms with Crippen LogP contribution in [0.4, 0.5) is 0 Å². The molecule has 3 heteroatoms. The summed E-state index contributed by atoms with van der Waals surface area (Å²) < 4.78 is 0.442. The van der Waals surface area contributed by atoms with E-state index in [1.807, 2.05) is 22.6 Å². The minimum atomic E-state index is 0.442. The van der Waals surface area contributed by atoms with Gasteiger partial charge in [-0.05, 0) is 22.6 Å². The van der Waals surface area contributed by atoms with Crippen molar-refractivity contribution in [3.63, 3.8) is 0 Å². The van der Waals surface area contributed by atoms with Gasteiger partial charge < -0.3 is 0 Å². The summed E-state index contributed by atoms with van der Waals surface area (Å²) >= 11 is 11.1. The van der Waals surface area contributed by atoms with Crippen molar-refractivity contribution in [1.29, 1.82) is 0 Å². The van der Waals surface area contributed by atoms with Crippen LogP contribution in [0.5, 0.6) is 0 Å². The van der Waals surface area contributed by atoms with Crippen LogP contribution in [-0.2, 0) is 0 Å². The first-order valence-electron chi connectivity index (χ1n) is 0.582. The molecular weight excluding hydrogens is 206 g/mol. The van der Waals surface area contributed by atoms with Gasteiger partial charge in [0, 0.05) is 0 Å². The zero-order valence-electron chi connectivity index (χ0n) is 1.66. The number of halogens is 2. The third-order valence-corrected chi connectivity index (χ3v) is 0. The van der Waals surface area contributed by atoms with Crippen LogP contribution in [0.3, 0.4) is 0 Å². The molecule has 24 valence electrons. The summed E-state index contributed by atoms with van der Waals surface area (Å²) in [5.74, 6) is 0. The largest absolute Gasteiger partial charge is 0.141 e. The predicted molar refractivity (Wildman–Crippen MR) is 32.5 cm³/mol. The Labute approximate surface area is 48.7 Å². The van der Waals surface area contributed by atoms with Gasteiger partial charge in [0.25, 0.3) is 0 Å². The molecule has 0 unspecified atom stereocenters. The smallest absolute Gasteiger partial charge is 0.0643 e. The molecule has 0 fully saturated rings. The Morgan fingerprint density at radius 3 is 2.00 bits per heavy atom. The highest BCUT2D eigenvalue weighted by atomic mass is 127. The Morgan fingerprint density at radius 1 is 2.00 bits per heavy atom. The maximum atomic E-state index is 4.99. The van der Waals surface area contributed by atoms with Crippen molar-refractivity contribution in [3.05, 3.63) is 0 Å². The first-order valence-corrected chi connectivity index (χ1v) is 2.45. The molecule has 4 heavy (non-hydrogen) atoms. The van der Waals surface area contributed by atoms with Crippen LogP contribution in [0, 0.1) is 0 Å². The van der Waals surface area contributed by atoms with Gasteiger partial charge in [0.05, 0.1) is 0 Å². The van der Waals surface area contributed by atoms with Gasteiger partial charge >= 0.3 is 0 Å². The highest BCUT2D eigenvalue weighted by Crippen LogP contribution is 1.91. The predicted octanol–water partition coefficient (Wildman–Crippen LogP) is 1.95. The Morgan fingerprint density at radius 2 is 2.00 bits per heavy atom. The fourth-order valence-corrected chi connectivity index (χ4v) is 0. The molecule has 0 radical (unpaired) electrons. The molecule has 0 aromatic rings. The fourth-order valence-electron chi connectivity index (χ4n) is 0. The first kappa shape index (κ1) is 5.11. The van der Waals surface area contributed by atoms with E-state index in [9.17, 15) is 0 Å². The van der Waals surface area contributed by atoms with E-state index in [1.165, 1.54) is 0 Å². The highest BCUT2D eigenvalue weighted by Gasteiger charge is 1.63. The second-order valence-electron chi connectivity index (χ2n) is 0.226. The molecule has 0 heterocycles. The van der Waals surface area contributed by atoms with E-state index in [0.29, 0.717) is 2.33 Å². The molecule has 0 N–H and O–H groups in total. The SMILES string of the molecule is S=C(Cl)I. The molecule has 0 aromatic heterocycles. The van der Waals surface area contributed by atoms with Crippen molar-refractivity contribution in [2.45, 2.75) is 0 Å². The van der Waals surface area contributed by atoms with Crippen LogP contribution in [0.2, 0.25) is 0 Å². The van der Waals surface area contributed by atoms with Gasteiger partial charge in [-0.1, -0.05) is 23.8 Å². The highest BCUT2D eigenvalue weighted by molar-refractivity contribution is 14.1. The molecule has 0 saturated carbocycles. The van der Waals surface area contributed by atoms with Crippen molar-refractivity contribution in [1.82, 2.24) is 0 Å². The van der Waals surface area contributed by atoms with Crippen molar-refractivity contribution in [2.24, 2.45) is 0 Å². The van der Waals surface area contributed by atoms with Crippen LogP contribution in [0.25, 0.3) is 0 Å². The summed E-state index contributed by atoms with van der Waals surface area (Å²) in [6, 6.07) is 0. The average molecular weight is 206 g/mol. The van der Waals surface area contributed by atoms with Crippen LogP contribution >= 0.6 is 46.4 Å². The summed E-state index contributed by atoms with van der Waals surface area (Å²) in [5.41, 5.74) is 0. The van der Waals surface area contributed by atoms with E-state index in [0.717, 1.165) is 0 Å². The quantitative estimate of drug-likeness (QED) is 0.332. The lowest BCUT2D eigenvalue weighted by Crippen LogP contribution is -1.42. The minimum absolute atomic E-state index is 0.442. The van der Waals surface area contributed by atoms with E-state index in [1.54, 1.807) is 0 Å². The normalized spacial score (nSPS) is 6.50. The number of hydrogen-bond donors (Lipinski definition) is 0. The zero-order valence-corrected chi connectivity index (χ0v) is 5.39. The van der Waals surface area contributed by atoms with Gasteiger partial charge in [-0.2, -0.15) is 0 Å². The lowest BCUT2D eigenvalue weighted by Gasteiger charge is -1.53. The van der Waals surface area contributed by atoms with E-state index in [2.05, 4.69) is 12.2 Å². The molecule has 0 rings (SSSR count). The molecule has 0 amide bonds. The van der Waals surface area contributed by atoms with E-state index >= 15 is 0 Å².